The lowest BCUT2D eigenvalue weighted by Crippen LogP contribution is -2.45. The zero-order valence-electron chi connectivity index (χ0n) is 10.1. The fourth-order valence-corrected chi connectivity index (χ4v) is 1.65. The summed E-state index contributed by atoms with van der Waals surface area (Å²) in [6.45, 7) is 0.778. The number of aliphatic hydroxyl groups is 2. The minimum atomic E-state index is -4.55. The van der Waals surface area contributed by atoms with Gasteiger partial charge in [-0.2, -0.15) is 13.2 Å². The summed E-state index contributed by atoms with van der Waals surface area (Å²) < 4.78 is 37.8. The zero-order chi connectivity index (χ0) is 14.7. The maximum atomic E-state index is 12.6. The molecule has 1 heterocycles. The third kappa shape index (κ3) is 3.95. The number of aromatic nitrogens is 1. The quantitative estimate of drug-likeness (QED) is 0.730. The maximum absolute atomic E-state index is 12.6. The number of halogens is 4. The molecule has 0 aliphatic carbocycles. The highest BCUT2D eigenvalue weighted by atomic mass is 35.5. The van der Waals surface area contributed by atoms with Crippen molar-refractivity contribution in [2.75, 3.05) is 18.5 Å². The van der Waals surface area contributed by atoms with E-state index >= 15 is 0 Å². The van der Waals surface area contributed by atoms with Gasteiger partial charge in [0.1, 0.15) is 11.0 Å². The van der Waals surface area contributed by atoms with Gasteiger partial charge in [-0.05, 0) is 18.6 Å². The van der Waals surface area contributed by atoms with Gasteiger partial charge in [0.25, 0.3) is 0 Å². The highest BCUT2D eigenvalue weighted by Gasteiger charge is 2.33. The Hall–Kier alpha value is -1.05. The van der Waals surface area contributed by atoms with Crippen molar-refractivity contribution in [1.29, 1.82) is 0 Å². The van der Waals surface area contributed by atoms with Crippen molar-refractivity contribution >= 4 is 17.4 Å². The van der Waals surface area contributed by atoms with Crippen LogP contribution in [-0.2, 0) is 6.18 Å². The molecule has 1 aromatic rings. The fourth-order valence-electron chi connectivity index (χ4n) is 1.44. The first-order valence-electron chi connectivity index (χ1n) is 5.51. The summed E-state index contributed by atoms with van der Waals surface area (Å²) in [6.07, 6.45) is -4.24. The molecule has 0 bridgehead atoms. The molecule has 0 saturated heterocycles. The predicted molar refractivity (Wildman–Crippen MR) is 65.1 cm³/mol. The van der Waals surface area contributed by atoms with Crippen molar-refractivity contribution in [2.45, 2.75) is 25.1 Å². The molecule has 0 spiro atoms. The van der Waals surface area contributed by atoms with Gasteiger partial charge >= 0.3 is 6.18 Å². The van der Waals surface area contributed by atoms with Crippen LogP contribution in [0.1, 0.15) is 18.9 Å². The lowest BCUT2D eigenvalue weighted by atomic mass is 9.98. The van der Waals surface area contributed by atoms with Crippen LogP contribution in [0.2, 0.25) is 5.15 Å². The van der Waals surface area contributed by atoms with E-state index in [2.05, 4.69) is 10.3 Å². The summed E-state index contributed by atoms with van der Waals surface area (Å²) in [4.78, 5) is 3.71. The minimum absolute atomic E-state index is 0.148. The van der Waals surface area contributed by atoms with Crippen LogP contribution in [0.3, 0.4) is 0 Å². The van der Waals surface area contributed by atoms with Gasteiger partial charge in [0.2, 0.25) is 0 Å². The summed E-state index contributed by atoms with van der Waals surface area (Å²) >= 11 is 5.54. The monoisotopic (exact) mass is 298 g/mol. The van der Waals surface area contributed by atoms with Crippen LogP contribution in [0.25, 0.3) is 0 Å². The fraction of sp³-hybridized carbons (Fsp3) is 0.545. The van der Waals surface area contributed by atoms with E-state index in [0.29, 0.717) is 12.5 Å². The molecule has 4 nitrogen and oxygen atoms in total. The first-order valence-corrected chi connectivity index (χ1v) is 5.89. The van der Waals surface area contributed by atoms with Gasteiger partial charge in [0, 0.05) is 0 Å². The van der Waals surface area contributed by atoms with Crippen molar-refractivity contribution in [2.24, 2.45) is 0 Å². The Morgan fingerprint density at radius 1 is 1.26 bits per heavy atom. The van der Waals surface area contributed by atoms with Gasteiger partial charge in [-0.25, -0.2) is 4.98 Å². The van der Waals surface area contributed by atoms with Gasteiger partial charge < -0.3 is 15.5 Å². The lowest BCUT2D eigenvalue weighted by Gasteiger charge is -2.30. The number of hydrogen-bond donors (Lipinski definition) is 3. The van der Waals surface area contributed by atoms with E-state index < -0.39 is 30.5 Å². The molecule has 0 aromatic carbocycles. The lowest BCUT2D eigenvalue weighted by molar-refractivity contribution is -0.137. The smallest absolute Gasteiger partial charge is 0.394 e. The van der Waals surface area contributed by atoms with Crippen LogP contribution in [0.15, 0.2) is 12.1 Å². The molecule has 0 atom stereocenters. The van der Waals surface area contributed by atoms with Gasteiger partial charge in [0.15, 0.2) is 0 Å². The molecule has 0 saturated carbocycles. The molecular formula is C11H14ClF3N2O2. The summed E-state index contributed by atoms with van der Waals surface area (Å²) in [6, 6.07) is 1.49. The SMILES string of the molecule is CCC(CO)(CO)Nc1cc(C(F)(F)F)cc(Cl)n1. The van der Waals surface area contributed by atoms with E-state index in [0.717, 1.165) is 6.07 Å². The van der Waals surface area contributed by atoms with Gasteiger partial charge in [-0.1, -0.05) is 18.5 Å². The standard InChI is InChI=1S/C11H14ClF3N2O2/c1-2-10(5-18,6-19)17-9-4-7(11(13,14)15)3-8(12)16-9/h3-4,18-19H,2,5-6H2,1H3,(H,16,17). The molecule has 8 heteroatoms. The summed E-state index contributed by atoms with van der Waals surface area (Å²) in [5.41, 5.74) is -2.09. The molecular weight excluding hydrogens is 285 g/mol. The molecule has 1 aromatic heterocycles. The van der Waals surface area contributed by atoms with Gasteiger partial charge in [-0.15, -0.1) is 0 Å². The highest BCUT2D eigenvalue weighted by Crippen LogP contribution is 2.32. The van der Waals surface area contributed by atoms with E-state index in [1.807, 2.05) is 0 Å². The number of nitrogens with one attached hydrogen (secondary N) is 1. The molecule has 1 rings (SSSR count). The first kappa shape index (κ1) is 16.0. The normalized spacial score (nSPS) is 12.6. The molecule has 108 valence electrons. The van der Waals surface area contributed by atoms with Crippen molar-refractivity contribution in [1.82, 2.24) is 4.98 Å². The van der Waals surface area contributed by atoms with Gasteiger partial charge in [-0.3, -0.25) is 0 Å². The Morgan fingerprint density at radius 3 is 2.26 bits per heavy atom. The average molecular weight is 299 g/mol. The number of hydrogen-bond acceptors (Lipinski definition) is 4. The van der Waals surface area contributed by atoms with Crippen LogP contribution in [0.5, 0.6) is 0 Å². The zero-order valence-corrected chi connectivity index (χ0v) is 10.9. The number of anilines is 1. The number of alkyl halides is 3. The molecule has 0 aliphatic rings. The number of aliphatic hydroxyl groups excluding tert-OH is 2. The summed E-state index contributed by atoms with van der Waals surface area (Å²) in [5, 5.41) is 20.7. The van der Waals surface area contributed by atoms with Crippen molar-refractivity contribution in [3.05, 3.63) is 22.8 Å². The third-order valence-corrected chi connectivity index (χ3v) is 2.99. The van der Waals surface area contributed by atoms with Crippen LogP contribution >= 0.6 is 11.6 Å². The minimum Gasteiger partial charge on any atom is -0.394 e. The number of pyridine rings is 1. The predicted octanol–water partition coefficient (Wildman–Crippen LogP) is 2.30. The summed E-state index contributed by atoms with van der Waals surface area (Å²) in [5.74, 6) is -0.148. The van der Waals surface area contributed by atoms with Crippen LogP contribution < -0.4 is 5.32 Å². The van der Waals surface area contributed by atoms with E-state index in [4.69, 9.17) is 11.6 Å². The van der Waals surface area contributed by atoms with Crippen LogP contribution in [0, 0.1) is 0 Å². The topological polar surface area (TPSA) is 65.4 Å². The van der Waals surface area contributed by atoms with Crippen molar-refractivity contribution in [3.63, 3.8) is 0 Å². The molecule has 0 unspecified atom stereocenters. The second-order valence-corrected chi connectivity index (χ2v) is 4.52. The van der Waals surface area contributed by atoms with E-state index in [9.17, 15) is 23.4 Å². The van der Waals surface area contributed by atoms with Crippen LogP contribution in [-0.4, -0.2) is 33.9 Å². The van der Waals surface area contributed by atoms with Crippen molar-refractivity contribution in [3.8, 4) is 0 Å². The molecule has 0 aliphatic heterocycles. The Morgan fingerprint density at radius 2 is 1.84 bits per heavy atom. The van der Waals surface area contributed by atoms with Crippen LogP contribution in [0.4, 0.5) is 19.0 Å². The summed E-state index contributed by atoms with van der Waals surface area (Å²) in [7, 11) is 0. The second-order valence-electron chi connectivity index (χ2n) is 4.14. The number of nitrogens with zero attached hydrogens (tertiary/aromatic N) is 1. The largest absolute Gasteiger partial charge is 0.416 e. The molecule has 3 N–H and O–H groups in total. The Kier molecular flexibility index (Phi) is 5.00. The Balaban J connectivity index is 3.11. The highest BCUT2D eigenvalue weighted by molar-refractivity contribution is 6.29. The maximum Gasteiger partial charge on any atom is 0.416 e. The first-order chi connectivity index (χ1) is 8.76. The number of rotatable bonds is 5. The molecule has 0 radical (unpaired) electrons. The van der Waals surface area contributed by atoms with Gasteiger partial charge in [0.05, 0.1) is 24.3 Å². The van der Waals surface area contributed by atoms with E-state index in [1.54, 1.807) is 6.92 Å². The van der Waals surface area contributed by atoms with Crippen molar-refractivity contribution < 1.29 is 23.4 Å². The third-order valence-electron chi connectivity index (χ3n) is 2.80. The molecule has 0 amide bonds. The van der Waals surface area contributed by atoms with E-state index in [-0.39, 0.29) is 11.0 Å². The molecule has 0 fully saturated rings. The second kappa shape index (κ2) is 5.94. The average Bonchev–Trinajstić information content (AvgIpc) is 2.34. The molecule has 19 heavy (non-hydrogen) atoms. The Bertz CT molecular complexity index is 428. The Labute approximate surface area is 113 Å². The van der Waals surface area contributed by atoms with E-state index in [1.165, 1.54) is 0 Å².